The standard InChI is InChI=1S/C18H14O2/c1-12(19)13-6-8-15(9-7-13)17-11-10-14-4-2-3-5-16(14)18(17)20/h2-11,20H,1H3. The number of phenolic OH excluding ortho intramolecular Hbond substituents is 1. The molecule has 0 saturated heterocycles. The Bertz CT molecular complexity index is 786. The van der Waals surface area contributed by atoms with E-state index in [0.717, 1.165) is 21.9 Å². The molecule has 0 atom stereocenters. The third-order valence-corrected chi connectivity index (χ3v) is 3.50. The Labute approximate surface area is 117 Å². The van der Waals surface area contributed by atoms with Gasteiger partial charge in [0.2, 0.25) is 0 Å². The SMILES string of the molecule is CC(=O)c1ccc(-c2ccc3ccccc3c2O)cc1. The van der Waals surface area contributed by atoms with Crippen LogP contribution >= 0.6 is 0 Å². The minimum Gasteiger partial charge on any atom is -0.507 e. The number of ketones is 1. The average Bonchev–Trinajstić information content (AvgIpc) is 2.48. The summed E-state index contributed by atoms with van der Waals surface area (Å²) in [6, 6.07) is 18.9. The lowest BCUT2D eigenvalue weighted by Crippen LogP contribution is -1.91. The second kappa shape index (κ2) is 4.82. The third kappa shape index (κ3) is 2.05. The molecule has 3 rings (SSSR count). The normalized spacial score (nSPS) is 10.7. The number of benzene rings is 3. The van der Waals surface area contributed by atoms with E-state index >= 15 is 0 Å². The van der Waals surface area contributed by atoms with Gasteiger partial charge in [-0.2, -0.15) is 0 Å². The van der Waals surface area contributed by atoms with E-state index < -0.39 is 0 Å². The molecule has 0 bridgehead atoms. The summed E-state index contributed by atoms with van der Waals surface area (Å²) < 4.78 is 0. The average molecular weight is 262 g/mol. The first kappa shape index (κ1) is 12.4. The summed E-state index contributed by atoms with van der Waals surface area (Å²) in [7, 11) is 0. The fraction of sp³-hybridized carbons (Fsp3) is 0.0556. The lowest BCUT2D eigenvalue weighted by atomic mass is 9.98. The molecule has 0 aliphatic heterocycles. The van der Waals surface area contributed by atoms with Gasteiger partial charge in [-0.3, -0.25) is 4.79 Å². The smallest absolute Gasteiger partial charge is 0.159 e. The second-order valence-electron chi connectivity index (χ2n) is 4.82. The zero-order valence-corrected chi connectivity index (χ0v) is 11.1. The molecule has 3 aromatic carbocycles. The fourth-order valence-corrected chi connectivity index (χ4v) is 2.37. The Morgan fingerprint density at radius 2 is 1.60 bits per heavy atom. The van der Waals surface area contributed by atoms with Crippen molar-refractivity contribution in [2.75, 3.05) is 0 Å². The topological polar surface area (TPSA) is 37.3 Å². The minimum atomic E-state index is 0.0410. The molecule has 2 nitrogen and oxygen atoms in total. The van der Waals surface area contributed by atoms with Gasteiger partial charge < -0.3 is 5.11 Å². The quantitative estimate of drug-likeness (QED) is 0.694. The first-order chi connectivity index (χ1) is 9.66. The molecule has 0 aliphatic carbocycles. The molecule has 0 fully saturated rings. The first-order valence-electron chi connectivity index (χ1n) is 6.49. The summed E-state index contributed by atoms with van der Waals surface area (Å²) in [5.41, 5.74) is 2.35. The Kier molecular flexibility index (Phi) is 2.99. The molecular formula is C18H14O2. The highest BCUT2D eigenvalue weighted by Gasteiger charge is 2.08. The van der Waals surface area contributed by atoms with Crippen molar-refractivity contribution in [2.24, 2.45) is 0 Å². The van der Waals surface area contributed by atoms with Crippen molar-refractivity contribution in [2.45, 2.75) is 6.92 Å². The molecule has 0 saturated carbocycles. The minimum absolute atomic E-state index is 0.0410. The summed E-state index contributed by atoms with van der Waals surface area (Å²) >= 11 is 0. The van der Waals surface area contributed by atoms with Crippen LogP contribution in [-0.4, -0.2) is 10.9 Å². The van der Waals surface area contributed by atoms with Gasteiger partial charge in [0, 0.05) is 16.5 Å². The summed E-state index contributed by atoms with van der Waals surface area (Å²) in [5, 5.41) is 12.3. The monoisotopic (exact) mass is 262 g/mol. The molecule has 2 heteroatoms. The van der Waals surface area contributed by atoms with Gasteiger partial charge in [-0.25, -0.2) is 0 Å². The van der Waals surface area contributed by atoms with Crippen LogP contribution in [0.1, 0.15) is 17.3 Å². The molecular weight excluding hydrogens is 248 g/mol. The van der Waals surface area contributed by atoms with Crippen molar-refractivity contribution in [3.05, 3.63) is 66.2 Å². The lowest BCUT2D eigenvalue weighted by Gasteiger charge is -2.08. The number of phenols is 1. The molecule has 0 heterocycles. The predicted octanol–water partition coefficient (Wildman–Crippen LogP) is 4.42. The van der Waals surface area contributed by atoms with E-state index in [1.54, 1.807) is 19.1 Å². The Balaban J connectivity index is 2.14. The highest BCUT2D eigenvalue weighted by atomic mass is 16.3. The first-order valence-corrected chi connectivity index (χ1v) is 6.49. The molecule has 0 aliphatic rings. The molecule has 3 aromatic rings. The molecule has 0 aromatic heterocycles. The largest absolute Gasteiger partial charge is 0.507 e. The highest BCUT2D eigenvalue weighted by Crippen LogP contribution is 2.35. The number of Topliss-reactive ketones (excluding diaryl/α,β-unsaturated/α-hetero) is 1. The van der Waals surface area contributed by atoms with Crippen LogP contribution in [0, 0.1) is 0 Å². The number of fused-ring (bicyclic) bond motifs is 1. The maximum atomic E-state index is 11.3. The van der Waals surface area contributed by atoms with Crippen molar-refractivity contribution in [1.82, 2.24) is 0 Å². The van der Waals surface area contributed by atoms with Crippen molar-refractivity contribution in [1.29, 1.82) is 0 Å². The van der Waals surface area contributed by atoms with Crippen molar-refractivity contribution in [3.63, 3.8) is 0 Å². The van der Waals surface area contributed by atoms with E-state index in [0.29, 0.717) is 5.56 Å². The number of hydrogen-bond donors (Lipinski definition) is 1. The second-order valence-corrected chi connectivity index (χ2v) is 4.82. The Hall–Kier alpha value is -2.61. The molecule has 0 radical (unpaired) electrons. The van der Waals surface area contributed by atoms with Crippen LogP contribution in [-0.2, 0) is 0 Å². The van der Waals surface area contributed by atoms with Crippen LogP contribution < -0.4 is 0 Å². The third-order valence-electron chi connectivity index (χ3n) is 3.50. The van der Waals surface area contributed by atoms with Crippen molar-refractivity contribution >= 4 is 16.6 Å². The Morgan fingerprint density at radius 3 is 2.30 bits per heavy atom. The number of carbonyl (C=O) groups is 1. The molecule has 98 valence electrons. The molecule has 1 N–H and O–H groups in total. The van der Waals surface area contributed by atoms with Gasteiger partial charge >= 0.3 is 0 Å². The number of rotatable bonds is 2. The van der Waals surface area contributed by atoms with Gasteiger partial charge in [-0.05, 0) is 17.9 Å². The number of aromatic hydroxyl groups is 1. The maximum absolute atomic E-state index is 11.3. The van der Waals surface area contributed by atoms with Gasteiger partial charge in [0.25, 0.3) is 0 Å². The highest BCUT2D eigenvalue weighted by molar-refractivity contribution is 5.96. The maximum Gasteiger partial charge on any atom is 0.159 e. The summed E-state index contributed by atoms with van der Waals surface area (Å²) in [4.78, 5) is 11.3. The van der Waals surface area contributed by atoms with Gasteiger partial charge in [-0.15, -0.1) is 0 Å². The van der Waals surface area contributed by atoms with E-state index in [1.165, 1.54) is 0 Å². The van der Waals surface area contributed by atoms with Crippen LogP contribution in [0.4, 0.5) is 0 Å². The van der Waals surface area contributed by atoms with Crippen LogP contribution in [0.25, 0.3) is 21.9 Å². The molecule has 0 unspecified atom stereocenters. The van der Waals surface area contributed by atoms with Gasteiger partial charge in [0.05, 0.1) is 0 Å². The molecule has 20 heavy (non-hydrogen) atoms. The van der Waals surface area contributed by atoms with E-state index in [9.17, 15) is 9.90 Å². The molecule has 0 amide bonds. The van der Waals surface area contributed by atoms with E-state index in [1.807, 2.05) is 48.5 Å². The van der Waals surface area contributed by atoms with Crippen LogP contribution in [0.3, 0.4) is 0 Å². The van der Waals surface area contributed by atoms with Crippen LogP contribution in [0.2, 0.25) is 0 Å². The van der Waals surface area contributed by atoms with E-state index in [4.69, 9.17) is 0 Å². The van der Waals surface area contributed by atoms with Crippen LogP contribution in [0.5, 0.6) is 5.75 Å². The predicted molar refractivity (Wildman–Crippen MR) is 81.1 cm³/mol. The van der Waals surface area contributed by atoms with E-state index in [-0.39, 0.29) is 11.5 Å². The van der Waals surface area contributed by atoms with Crippen molar-refractivity contribution in [3.8, 4) is 16.9 Å². The van der Waals surface area contributed by atoms with Gasteiger partial charge in [-0.1, -0.05) is 60.7 Å². The zero-order valence-electron chi connectivity index (χ0n) is 11.1. The summed E-state index contributed by atoms with van der Waals surface area (Å²) in [6.45, 7) is 1.54. The zero-order chi connectivity index (χ0) is 14.1. The number of hydrogen-bond acceptors (Lipinski definition) is 2. The molecule has 0 spiro atoms. The lowest BCUT2D eigenvalue weighted by molar-refractivity contribution is 0.101. The van der Waals surface area contributed by atoms with Gasteiger partial charge in [0.1, 0.15) is 5.75 Å². The Morgan fingerprint density at radius 1 is 0.900 bits per heavy atom. The van der Waals surface area contributed by atoms with E-state index in [2.05, 4.69) is 0 Å². The van der Waals surface area contributed by atoms with Gasteiger partial charge in [0.15, 0.2) is 5.78 Å². The number of carbonyl (C=O) groups excluding carboxylic acids is 1. The summed E-state index contributed by atoms with van der Waals surface area (Å²) in [5.74, 6) is 0.318. The fourth-order valence-electron chi connectivity index (χ4n) is 2.37. The summed E-state index contributed by atoms with van der Waals surface area (Å²) in [6.07, 6.45) is 0. The van der Waals surface area contributed by atoms with Crippen LogP contribution in [0.15, 0.2) is 60.7 Å². The van der Waals surface area contributed by atoms with Crippen molar-refractivity contribution < 1.29 is 9.90 Å².